The minimum atomic E-state index is -4.29. The van der Waals surface area contributed by atoms with Gasteiger partial charge in [-0.2, -0.15) is 0 Å². The van der Waals surface area contributed by atoms with Crippen LogP contribution >= 0.6 is 0 Å². The molecule has 0 fully saturated rings. The summed E-state index contributed by atoms with van der Waals surface area (Å²) in [5.74, 6) is -3.57. The number of nitrogens with one attached hydrogen (secondary N) is 1. The number of primary amides is 1. The first-order valence-electron chi connectivity index (χ1n) is 12.0. The number of aryl methyl sites for hydroxylation is 1. The highest BCUT2D eigenvalue weighted by atomic mass is 32.2. The van der Waals surface area contributed by atoms with E-state index in [0.717, 1.165) is 11.5 Å². The van der Waals surface area contributed by atoms with E-state index in [1.807, 2.05) is 0 Å². The maximum absolute atomic E-state index is 13.8. The Balaban J connectivity index is 1.57. The molecule has 0 saturated carbocycles. The van der Waals surface area contributed by atoms with E-state index in [1.165, 1.54) is 36.6 Å². The number of amides is 2. The van der Waals surface area contributed by atoms with Gasteiger partial charge in [-0.05, 0) is 65.2 Å². The normalized spacial score (nSPS) is 12.6. The summed E-state index contributed by atoms with van der Waals surface area (Å²) >= 11 is 0. The highest BCUT2D eigenvalue weighted by molar-refractivity contribution is 7.90. The van der Waals surface area contributed by atoms with Crippen LogP contribution in [-0.4, -0.2) is 35.9 Å². The van der Waals surface area contributed by atoms with Gasteiger partial charge in [-0.15, -0.1) is 0 Å². The molecule has 1 unspecified atom stereocenters. The summed E-state index contributed by atoms with van der Waals surface area (Å²) in [6.07, 6.45) is 5.49. The lowest BCUT2D eigenvalue weighted by Gasteiger charge is -2.18. The van der Waals surface area contributed by atoms with Crippen LogP contribution in [0.15, 0.2) is 94.6 Å². The molecule has 202 valence electrons. The van der Waals surface area contributed by atoms with Gasteiger partial charge in [0.15, 0.2) is 0 Å². The van der Waals surface area contributed by atoms with Crippen molar-refractivity contribution < 1.29 is 32.3 Å². The van der Waals surface area contributed by atoms with Crippen LogP contribution in [0.2, 0.25) is 0 Å². The first-order chi connectivity index (χ1) is 19.0. The Bertz CT molecular complexity index is 1930. The summed E-state index contributed by atoms with van der Waals surface area (Å²) in [6.45, 7) is 0. The van der Waals surface area contributed by atoms with E-state index in [2.05, 4.69) is 4.72 Å². The standard InChI is InChI=1S/C29H23N3O7S/c1-32-16-23(22-9-5-20(28(30)35)15-24(22)32)27(19-6-10-25-18(14-19)12-13-39-25)29(36)31-40(37,38)21-7-2-17(3-8-21)4-11-26(33)34/h2-16,27H,1H3,(H2,30,35)(H,31,36)(H,33,34). The molecule has 40 heavy (non-hydrogen) atoms. The Morgan fingerprint density at radius 3 is 2.48 bits per heavy atom. The first kappa shape index (κ1) is 26.4. The third-order valence-electron chi connectivity index (χ3n) is 6.53. The lowest BCUT2D eigenvalue weighted by Crippen LogP contribution is -2.35. The Labute approximate surface area is 228 Å². The predicted molar refractivity (Wildman–Crippen MR) is 148 cm³/mol. The molecule has 0 saturated heterocycles. The summed E-state index contributed by atoms with van der Waals surface area (Å²) in [7, 11) is -2.54. The number of rotatable bonds is 8. The maximum atomic E-state index is 13.8. The van der Waals surface area contributed by atoms with Gasteiger partial charge in [0.05, 0.1) is 17.1 Å². The fourth-order valence-corrected chi connectivity index (χ4v) is 5.61. The van der Waals surface area contributed by atoms with Crippen molar-refractivity contribution in [2.75, 3.05) is 0 Å². The van der Waals surface area contributed by atoms with Crippen LogP contribution in [0.1, 0.15) is 33.0 Å². The fraction of sp³-hybridized carbons (Fsp3) is 0.0690. The average Bonchev–Trinajstić information content (AvgIpc) is 3.51. The third kappa shape index (κ3) is 5.09. The largest absolute Gasteiger partial charge is 0.478 e. The number of aromatic nitrogens is 1. The van der Waals surface area contributed by atoms with Crippen LogP contribution in [0.4, 0.5) is 0 Å². The number of fused-ring (bicyclic) bond motifs is 2. The number of carboxylic acid groups (broad SMARTS) is 1. The predicted octanol–water partition coefficient (Wildman–Crippen LogP) is 3.76. The zero-order valence-electron chi connectivity index (χ0n) is 21.1. The molecule has 0 aliphatic rings. The number of hydrogen-bond acceptors (Lipinski definition) is 6. The number of nitrogens with two attached hydrogens (primary N) is 1. The van der Waals surface area contributed by atoms with Gasteiger partial charge in [0, 0.05) is 41.2 Å². The molecular formula is C29H23N3O7S. The summed E-state index contributed by atoms with van der Waals surface area (Å²) in [5.41, 5.74) is 8.53. The number of sulfonamides is 1. The summed E-state index contributed by atoms with van der Waals surface area (Å²) in [4.78, 5) is 36.1. The molecule has 3 aromatic carbocycles. The molecule has 5 aromatic rings. The van der Waals surface area contributed by atoms with Crippen molar-refractivity contribution in [1.29, 1.82) is 0 Å². The van der Waals surface area contributed by atoms with Crippen LogP contribution in [-0.2, 0) is 26.7 Å². The summed E-state index contributed by atoms with van der Waals surface area (Å²) in [5, 5.41) is 10.2. The van der Waals surface area contributed by atoms with E-state index in [-0.39, 0.29) is 4.90 Å². The van der Waals surface area contributed by atoms with Gasteiger partial charge in [-0.25, -0.2) is 17.9 Å². The zero-order chi connectivity index (χ0) is 28.6. The van der Waals surface area contributed by atoms with E-state index in [0.29, 0.717) is 38.7 Å². The number of furan rings is 1. The van der Waals surface area contributed by atoms with Crippen molar-refractivity contribution >= 4 is 55.8 Å². The molecule has 0 aliphatic heterocycles. The van der Waals surface area contributed by atoms with Gasteiger partial charge in [-0.3, -0.25) is 9.59 Å². The van der Waals surface area contributed by atoms with E-state index in [9.17, 15) is 22.8 Å². The second-order valence-electron chi connectivity index (χ2n) is 9.15. The number of hydrogen-bond donors (Lipinski definition) is 3. The van der Waals surface area contributed by atoms with Crippen molar-refractivity contribution in [3.05, 3.63) is 108 Å². The first-order valence-corrected chi connectivity index (χ1v) is 13.5. The second-order valence-corrected chi connectivity index (χ2v) is 10.8. The Hall–Kier alpha value is -5.16. The maximum Gasteiger partial charge on any atom is 0.328 e. The topological polar surface area (TPSA) is 162 Å². The van der Waals surface area contributed by atoms with Gasteiger partial charge in [0.2, 0.25) is 11.8 Å². The molecule has 5 rings (SSSR count). The van der Waals surface area contributed by atoms with E-state index in [4.69, 9.17) is 15.3 Å². The fourth-order valence-electron chi connectivity index (χ4n) is 4.61. The molecule has 0 radical (unpaired) electrons. The van der Waals surface area contributed by atoms with E-state index >= 15 is 0 Å². The van der Waals surface area contributed by atoms with Crippen LogP contribution in [0.3, 0.4) is 0 Å². The second kappa shape index (κ2) is 10.2. The molecule has 2 aromatic heterocycles. The molecule has 0 aliphatic carbocycles. The molecule has 0 spiro atoms. The lowest BCUT2D eigenvalue weighted by atomic mass is 9.89. The van der Waals surface area contributed by atoms with Gasteiger partial charge in [0.25, 0.3) is 10.0 Å². The number of carbonyl (C=O) groups excluding carboxylic acids is 2. The molecule has 10 nitrogen and oxygen atoms in total. The van der Waals surface area contributed by atoms with E-state index < -0.39 is 33.7 Å². The summed E-state index contributed by atoms with van der Waals surface area (Å²) < 4.78 is 35.8. The number of aliphatic carboxylic acids is 1. The Kier molecular flexibility index (Phi) is 6.74. The van der Waals surface area contributed by atoms with Gasteiger partial charge >= 0.3 is 5.97 Å². The number of nitrogens with zero attached hydrogens (tertiary/aromatic N) is 1. The Morgan fingerprint density at radius 2 is 1.77 bits per heavy atom. The highest BCUT2D eigenvalue weighted by Crippen LogP contribution is 2.35. The third-order valence-corrected chi connectivity index (χ3v) is 7.90. The Morgan fingerprint density at radius 1 is 1.02 bits per heavy atom. The van der Waals surface area contributed by atoms with Crippen molar-refractivity contribution in [1.82, 2.24) is 9.29 Å². The number of carbonyl (C=O) groups is 3. The molecule has 2 amide bonds. The highest BCUT2D eigenvalue weighted by Gasteiger charge is 2.30. The molecule has 0 bridgehead atoms. The molecule has 2 heterocycles. The monoisotopic (exact) mass is 557 g/mol. The molecule has 4 N–H and O–H groups in total. The van der Waals surface area contributed by atoms with Crippen molar-refractivity contribution in [2.45, 2.75) is 10.8 Å². The average molecular weight is 558 g/mol. The van der Waals surface area contributed by atoms with E-state index in [1.54, 1.807) is 60.3 Å². The van der Waals surface area contributed by atoms with Crippen LogP contribution in [0, 0.1) is 0 Å². The molecule has 11 heteroatoms. The minimum absolute atomic E-state index is 0.165. The number of carboxylic acids is 1. The van der Waals surface area contributed by atoms with Crippen molar-refractivity contribution in [2.24, 2.45) is 12.8 Å². The molecular weight excluding hydrogens is 534 g/mol. The van der Waals surface area contributed by atoms with Crippen LogP contribution in [0.25, 0.3) is 27.9 Å². The SMILES string of the molecule is Cn1cc(C(C(=O)NS(=O)(=O)c2ccc(C=CC(=O)O)cc2)c2ccc3occc3c2)c2ccc(C(N)=O)cc21. The minimum Gasteiger partial charge on any atom is -0.478 e. The van der Waals surface area contributed by atoms with Crippen molar-refractivity contribution in [3.63, 3.8) is 0 Å². The van der Waals surface area contributed by atoms with Gasteiger partial charge in [0.1, 0.15) is 5.58 Å². The van der Waals surface area contributed by atoms with Gasteiger partial charge < -0.3 is 19.8 Å². The summed E-state index contributed by atoms with van der Waals surface area (Å²) in [6, 6.07) is 17.2. The van der Waals surface area contributed by atoms with Crippen LogP contribution in [0.5, 0.6) is 0 Å². The quantitative estimate of drug-likeness (QED) is 0.245. The smallest absolute Gasteiger partial charge is 0.328 e. The number of benzene rings is 3. The zero-order valence-corrected chi connectivity index (χ0v) is 21.9. The van der Waals surface area contributed by atoms with Crippen molar-refractivity contribution in [3.8, 4) is 0 Å². The molecule has 1 atom stereocenters. The van der Waals surface area contributed by atoms with Crippen LogP contribution < -0.4 is 10.5 Å². The lowest BCUT2D eigenvalue weighted by molar-refractivity contribution is -0.131. The van der Waals surface area contributed by atoms with Gasteiger partial charge in [-0.1, -0.05) is 24.3 Å².